The van der Waals surface area contributed by atoms with Crippen molar-refractivity contribution in [2.45, 2.75) is 6.42 Å². The molecule has 0 heterocycles. The molecule has 1 rings (SSSR count). The lowest BCUT2D eigenvalue weighted by Crippen LogP contribution is -2.20. The molecule has 0 atom stereocenters. The Morgan fingerprint density at radius 3 is 2.29 bits per heavy atom. The molecule has 0 fully saturated rings. The summed E-state index contributed by atoms with van der Waals surface area (Å²) in [5, 5.41) is 35.5. The van der Waals surface area contributed by atoms with Crippen molar-refractivity contribution in [2.24, 2.45) is 0 Å². The summed E-state index contributed by atoms with van der Waals surface area (Å²) >= 11 is 0. The number of hydrogen-bond acceptors (Lipinski definition) is 5. The second kappa shape index (κ2) is 3.84. The summed E-state index contributed by atoms with van der Waals surface area (Å²) in [6.07, 6.45) is -0.295. The summed E-state index contributed by atoms with van der Waals surface area (Å²) in [5.74, 6) is -1.98. The van der Waals surface area contributed by atoms with Crippen molar-refractivity contribution in [1.82, 2.24) is 5.48 Å². The molecule has 1 aromatic rings. The van der Waals surface area contributed by atoms with E-state index < -0.39 is 17.4 Å². The van der Waals surface area contributed by atoms with Crippen LogP contribution in [0.25, 0.3) is 0 Å². The number of phenolic OH excluding ortho intramolecular Hbond substituents is 3. The molecule has 0 saturated heterocycles. The van der Waals surface area contributed by atoms with E-state index in [0.29, 0.717) is 0 Å². The van der Waals surface area contributed by atoms with Crippen molar-refractivity contribution in [3.63, 3.8) is 0 Å². The van der Waals surface area contributed by atoms with Crippen LogP contribution in [0, 0.1) is 0 Å². The van der Waals surface area contributed by atoms with E-state index in [1.165, 1.54) is 5.48 Å². The fourth-order valence-corrected chi connectivity index (χ4v) is 0.963. The van der Waals surface area contributed by atoms with Gasteiger partial charge in [0.1, 0.15) is 5.75 Å². The van der Waals surface area contributed by atoms with Gasteiger partial charge in [-0.2, -0.15) is 0 Å². The maximum absolute atomic E-state index is 10.7. The SMILES string of the molecule is O=C(Cc1cc(O)c(O)cc1O)NO. The zero-order chi connectivity index (χ0) is 10.7. The summed E-state index contributed by atoms with van der Waals surface area (Å²) in [5.41, 5.74) is 1.48. The molecule has 76 valence electrons. The molecular formula is C8H9NO5. The molecule has 1 amide bonds. The molecule has 0 spiro atoms. The number of phenols is 3. The fourth-order valence-electron chi connectivity index (χ4n) is 0.963. The molecule has 6 heteroatoms. The van der Waals surface area contributed by atoms with Crippen LogP contribution in [-0.2, 0) is 11.2 Å². The third kappa shape index (κ3) is 2.05. The molecule has 6 nitrogen and oxygen atoms in total. The number of aromatic hydroxyl groups is 3. The number of rotatable bonds is 2. The van der Waals surface area contributed by atoms with Crippen molar-refractivity contribution >= 4 is 5.91 Å². The van der Waals surface area contributed by atoms with E-state index in [1.54, 1.807) is 0 Å². The van der Waals surface area contributed by atoms with Gasteiger partial charge in [-0.1, -0.05) is 0 Å². The van der Waals surface area contributed by atoms with Crippen LogP contribution in [0.15, 0.2) is 12.1 Å². The van der Waals surface area contributed by atoms with Gasteiger partial charge in [-0.25, -0.2) is 5.48 Å². The average Bonchev–Trinajstić information content (AvgIpc) is 2.14. The van der Waals surface area contributed by atoms with Gasteiger partial charge in [0.05, 0.1) is 6.42 Å². The Bertz CT molecular complexity index is 363. The first-order valence-electron chi connectivity index (χ1n) is 3.71. The van der Waals surface area contributed by atoms with E-state index in [4.69, 9.17) is 15.4 Å². The predicted molar refractivity (Wildman–Crippen MR) is 45.1 cm³/mol. The molecular weight excluding hydrogens is 190 g/mol. The Morgan fingerprint density at radius 1 is 1.14 bits per heavy atom. The molecule has 5 N–H and O–H groups in total. The predicted octanol–water partition coefficient (Wildman–Crippen LogP) is -0.149. The van der Waals surface area contributed by atoms with Crippen LogP contribution < -0.4 is 5.48 Å². The number of hydrogen-bond donors (Lipinski definition) is 5. The number of amides is 1. The highest BCUT2D eigenvalue weighted by molar-refractivity contribution is 5.78. The van der Waals surface area contributed by atoms with Crippen molar-refractivity contribution in [2.75, 3.05) is 0 Å². The first-order chi connectivity index (χ1) is 6.54. The van der Waals surface area contributed by atoms with Crippen LogP contribution >= 0.6 is 0 Å². The van der Waals surface area contributed by atoms with Crippen LogP contribution in [0.5, 0.6) is 17.2 Å². The molecule has 0 unspecified atom stereocenters. The van der Waals surface area contributed by atoms with Crippen LogP contribution in [0.2, 0.25) is 0 Å². The second-order valence-electron chi connectivity index (χ2n) is 2.68. The lowest BCUT2D eigenvalue weighted by Gasteiger charge is -2.05. The van der Waals surface area contributed by atoms with Gasteiger partial charge in [-0.3, -0.25) is 10.0 Å². The summed E-state index contributed by atoms with van der Waals surface area (Å²) in [6.45, 7) is 0. The standard InChI is InChI=1S/C8H9NO5/c10-5-3-7(12)6(11)1-4(5)2-8(13)9-14/h1,3,10-12,14H,2H2,(H,9,13). The maximum Gasteiger partial charge on any atom is 0.247 e. The van der Waals surface area contributed by atoms with E-state index in [0.717, 1.165) is 12.1 Å². The van der Waals surface area contributed by atoms with Crippen LogP contribution in [-0.4, -0.2) is 26.4 Å². The first kappa shape index (κ1) is 10.1. The zero-order valence-electron chi connectivity index (χ0n) is 7.06. The van der Waals surface area contributed by atoms with Crippen LogP contribution in [0.4, 0.5) is 0 Å². The average molecular weight is 199 g/mol. The number of benzene rings is 1. The molecule has 0 aliphatic carbocycles. The number of hydroxylamine groups is 1. The van der Waals surface area contributed by atoms with Crippen molar-refractivity contribution in [3.05, 3.63) is 17.7 Å². The Labute approximate surface area is 79.0 Å². The van der Waals surface area contributed by atoms with Gasteiger partial charge in [0.2, 0.25) is 5.91 Å². The molecule has 0 saturated carbocycles. The number of nitrogens with one attached hydrogen (secondary N) is 1. The molecule has 0 aromatic heterocycles. The van der Waals surface area contributed by atoms with Crippen molar-refractivity contribution < 1.29 is 25.3 Å². The van der Waals surface area contributed by atoms with Gasteiger partial charge in [-0.05, 0) is 6.07 Å². The van der Waals surface area contributed by atoms with Gasteiger partial charge in [0, 0.05) is 11.6 Å². The summed E-state index contributed by atoms with van der Waals surface area (Å²) < 4.78 is 0. The van der Waals surface area contributed by atoms with Gasteiger partial charge in [0.25, 0.3) is 0 Å². The van der Waals surface area contributed by atoms with E-state index >= 15 is 0 Å². The lowest BCUT2D eigenvalue weighted by molar-refractivity contribution is -0.128. The van der Waals surface area contributed by atoms with Crippen LogP contribution in [0.1, 0.15) is 5.56 Å². The molecule has 0 bridgehead atoms. The monoisotopic (exact) mass is 199 g/mol. The number of carbonyl (C=O) groups is 1. The quantitative estimate of drug-likeness (QED) is 0.197. The van der Waals surface area contributed by atoms with Crippen LogP contribution in [0.3, 0.4) is 0 Å². The summed E-state index contributed by atoms with van der Waals surface area (Å²) in [7, 11) is 0. The van der Waals surface area contributed by atoms with E-state index in [-0.39, 0.29) is 17.7 Å². The third-order valence-corrected chi connectivity index (χ3v) is 1.65. The van der Waals surface area contributed by atoms with Gasteiger partial charge >= 0.3 is 0 Å². The maximum atomic E-state index is 10.7. The Hall–Kier alpha value is -1.95. The van der Waals surface area contributed by atoms with Gasteiger partial charge < -0.3 is 15.3 Å². The fraction of sp³-hybridized carbons (Fsp3) is 0.125. The minimum Gasteiger partial charge on any atom is -0.508 e. The van der Waals surface area contributed by atoms with Crippen molar-refractivity contribution in [3.8, 4) is 17.2 Å². The largest absolute Gasteiger partial charge is 0.508 e. The lowest BCUT2D eigenvalue weighted by atomic mass is 10.1. The van der Waals surface area contributed by atoms with Gasteiger partial charge in [0.15, 0.2) is 11.5 Å². The Morgan fingerprint density at radius 2 is 1.71 bits per heavy atom. The molecule has 14 heavy (non-hydrogen) atoms. The molecule has 0 radical (unpaired) electrons. The molecule has 0 aliphatic heterocycles. The summed E-state index contributed by atoms with van der Waals surface area (Å²) in [6, 6.07) is 1.95. The highest BCUT2D eigenvalue weighted by atomic mass is 16.5. The third-order valence-electron chi connectivity index (χ3n) is 1.65. The Kier molecular flexibility index (Phi) is 2.78. The first-order valence-corrected chi connectivity index (χ1v) is 3.71. The van der Waals surface area contributed by atoms with E-state index in [1.807, 2.05) is 0 Å². The minimum absolute atomic E-state index is 0.104. The van der Waals surface area contributed by atoms with E-state index in [9.17, 15) is 9.90 Å². The number of carbonyl (C=O) groups excluding carboxylic acids is 1. The minimum atomic E-state index is -0.731. The zero-order valence-corrected chi connectivity index (χ0v) is 7.06. The molecule has 0 aliphatic rings. The van der Waals surface area contributed by atoms with Gasteiger partial charge in [-0.15, -0.1) is 0 Å². The summed E-state index contributed by atoms with van der Waals surface area (Å²) in [4.78, 5) is 10.7. The normalized spacial score (nSPS) is 9.79. The second-order valence-corrected chi connectivity index (χ2v) is 2.68. The highest BCUT2D eigenvalue weighted by Gasteiger charge is 2.10. The smallest absolute Gasteiger partial charge is 0.247 e. The topological polar surface area (TPSA) is 110 Å². The molecule has 1 aromatic carbocycles. The Balaban J connectivity index is 2.98. The van der Waals surface area contributed by atoms with E-state index in [2.05, 4.69) is 0 Å². The highest BCUT2D eigenvalue weighted by Crippen LogP contribution is 2.32. The van der Waals surface area contributed by atoms with Crippen molar-refractivity contribution in [1.29, 1.82) is 0 Å².